The van der Waals surface area contributed by atoms with Gasteiger partial charge in [0.1, 0.15) is 5.52 Å². The van der Waals surface area contributed by atoms with E-state index in [1.165, 1.54) is 23.5 Å². The van der Waals surface area contributed by atoms with Gasteiger partial charge in [-0.05, 0) is 29.8 Å². The molecule has 1 heterocycles. The SMILES string of the molecule is CS(=O)(=O)c1ccc(CC(=O)Nc2ccc(Cl)c3ncsc23)cc1. The van der Waals surface area contributed by atoms with Crippen molar-refractivity contribution < 1.29 is 13.2 Å². The van der Waals surface area contributed by atoms with Gasteiger partial charge in [-0.3, -0.25) is 4.79 Å². The number of rotatable bonds is 4. The Kier molecular flexibility index (Phi) is 4.58. The summed E-state index contributed by atoms with van der Waals surface area (Å²) >= 11 is 7.47. The van der Waals surface area contributed by atoms with Crippen molar-refractivity contribution in [1.29, 1.82) is 0 Å². The summed E-state index contributed by atoms with van der Waals surface area (Å²) in [6, 6.07) is 9.72. The minimum atomic E-state index is -3.24. The number of benzene rings is 2. The van der Waals surface area contributed by atoms with Crippen molar-refractivity contribution >= 4 is 54.6 Å². The van der Waals surface area contributed by atoms with Gasteiger partial charge >= 0.3 is 0 Å². The predicted molar refractivity (Wildman–Crippen MR) is 96.5 cm³/mol. The van der Waals surface area contributed by atoms with Crippen LogP contribution in [-0.4, -0.2) is 25.6 Å². The Labute approximate surface area is 148 Å². The van der Waals surface area contributed by atoms with Gasteiger partial charge in [0.25, 0.3) is 0 Å². The van der Waals surface area contributed by atoms with Crippen molar-refractivity contribution in [1.82, 2.24) is 4.98 Å². The van der Waals surface area contributed by atoms with E-state index in [2.05, 4.69) is 10.3 Å². The minimum Gasteiger partial charge on any atom is -0.324 e. The van der Waals surface area contributed by atoms with E-state index in [0.717, 1.165) is 16.5 Å². The van der Waals surface area contributed by atoms with Crippen molar-refractivity contribution in [3.8, 4) is 0 Å². The van der Waals surface area contributed by atoms with Crippen molar-refractivity contribution in [2.45, 2.75) is 11.3 Å². The number of sulfone groups is 1. The number of carbonyl (C=O) groups excluding carboxylic acids is 1. The zero-order chi connectivity index (χ0) is 17.3. The van der Waals surface area contributed by atoms with Crippen LogP contribution in [0.1, 0.15) is 5.56 Å². The Morgan fingerprint density at radius 2 is 1.92 bits per heavy atom. The molecule has 0 saturated heterocycles. The summed E-state index contributed by atoms with van der Waals surface area (Å²) in [5.74, 6) is -0.195. The molecule has 5 nitrogen and oxygen atoms in total. The highest BCUT2D eigenvalue weighted by Crippen LogP contribution is 2.32. The summed E-state index contributed by atoms with van der Waals surface area (Å²) in [4.78, 5) is 16.6. The number of carbonyl (C=O) groups is 1. The van der Waals surface area contributed by atoms with Gasteiger partial charge in [0, 0.05) is 6.26 Å². The van der Waals surface area contributed by atoms with Gasteiger partial charge < -0.3 is 5.32 Å². The quantitative estimate of drug-likeness (QED) is 0.751. The molecular formula is C16H13ClN2O3S2. The van der Waals surface area contributed by atoms with E-state index in [0.29, 0.717) is 16.2 Å². The van der Waals surface area contributed by atoms with Gasteiger partial charge in [0.05, 0.1) is 32.2 Å². The molecule has 2 aromatic carbocycles. The zero-order valence-electron chi connectivity index (χ0n) is 12.6. The number of fused-ring (bicyclic) bond motifs is 1. The number of hydrogen-bond donors (Lipinski definition) is 1. The first-order valence-corrected chi connectivity index (χ1v) is 10.1. The van der Waals surface area contributed by atoms with Crippen LogP contribution in [0.5, 0.6) is 0 Å². The lowest BCUT2D eigenvalue weighted by Crippen LogP contribution is -2.14. The lowest BCUT2D eigenvalue weighted by atomic mass is 10.1. The molecule has 0 aliphatic carbocycles. The largest absolute Gasteiger partial charge is 0.324 e. The summed E-state index contributed by atoms with van der Waals surface area (Å²) < 4.78 is 23.7. The molecule has 0 spiro atoms. The maximum Gasteiger partial charge on any atom is 0.228 e. The maximum absolute atomic E-state index is 12.2. The summed E-state index contributed by atoms with van der Waals surface area (Å²) in [7, 11) is -3.24. The van der Waals surface area contributed by atoms with E-state index in [4.69, 9.17) is 11.6 Å². The summed E-state index contributed by atoms with van der Waals surface area (Å²) in [6.45, 7) is 0. The lowest BCUT2D eigenvalue weighted by Gasteiger charge is -2.07. The molecule has 1 N–H and O–H groups in total. The number of anilines is 1. The molecule has 0 saturated carbocycles. The fraction of sp³-hybridized carbons (Fsp3) is 0.125. The summed E-state index contributed by atoms with van der Waals surface area (Å²) in [5, 5.41) is 3.39. The Morgan fingerprint density at radius 3 is 2.58 bits per heavy atom. The van der Waals surface area contributed by atoms with Crippen LogP contribution in [0.2, 0.25) is 5.02 Å². The molecule has 0 unspecified atom stereocenters. The lowest BCUT2D eigenvalue weighted by molar-refractivity contribution is -0.115. The minimum absolute atomic E-state index is 0.146. The first kappa shape index (κ1) is 16.9. The number of amides is 1. The van der Waals surface area contributed by atoms with Crippen molar-refractivity contribution in [2.75, 3.05) is 11.6 Å². The van der Waals surface area contributed by atoms with E-state index in [1.54, 1.807) is 29.8 Å². The molecular weight excluding hydrogens is 368 g/mol. The fourth-order valence-corrected chi connectivity index (χ4v) is 3.93. The molecule has 0 atom stereocenters. The summed E-state index contributed by atoms with van der Waals surface area (Å²) in [6.07, 6.45) is 1.29. The van der Waals surface area contributed by atoms with Crippen LogP contribution in [0.3, 0.4) is 0 Å². The highest BCUT2D eigenvalue weighted by atomic mass is 35.5. The van der Waals surface area contributed by atoms with Gasteiger partial charge in [0.15, 0.2) is 9.84 Å². The van der Waals surface area contributed by atoms with Crippen LogP contribution in [-0.2, 0) is 21.1 Å². The van der Waals surface area contributed by atoms with Gasteiger partial charge in [-0.25, -0.2) is 13.4 Å². The van der Waals surface area contributed by atoms with Gasteiger partial charge in [-0.1, -0.05) is 23.7 Å². The smallest absolute Gasteiger partial charge is 0.228 e. The molecule has 0 radical (unpaired) electrons. The predicted octanol–water partition coefficient (Wildman–Crippen LogP) is 3.53. The maximum atomic E-state index is 12.2. The number of aromatic nitrogens is 1. The number of nitrogens with zero attached hydrogens (tertiary/aromatic N) is 1. The third-order valence-corrected chi connectivity index (χ3v) is 5.72. The highest BCUT2D eigenvalue weighted by Gasteiger charge is 2.12. The van der Waals surface area contributed by atoms with E-state index in [-0.39, 0.29) is 17.2 Å². The van der Waals surface area contributed by atoms with Crippen LogP contribution in [0.4, 0.5) is 5.69 Å². The Hall–Kier alpha value is -1.96. The average molecular weight is 381 g/mol. The topological polar surface area (TPSA) is 76.1 Å². The number of thiazole rings is 1. The number of nitrogens with one attached hydrogen (secondary N) is 1. The summed E-state index contributed by atoms with van der Waals surface area (Å²) in [5.41, 5.74) is 3.73. The Balaban J connectivity index is 1.76. The Morgan fingerprint density at radius 1 is 1.21 bits per heavy atom. The molecule has 1 amide bonds. The van der Waals surface area contributed by atoms with E-state index < -0.39 is 9.84 Å². The van der Waals surface area contributed by atoms with Crippen LogP contribution in [0.25, 0.3) is 10.2 Å². The molecule has 8 heteroatoms. The molecule has 3 rings (SSSR count). The van der Waals surface area contributed by atoms with Crippen molar-refractivity contribution in [3.63, 3.8) is 0 Å². The van der Waals surface area contributed by atoms with E-state index >= 15 is 0 Å². The number of halogens is 1. The first-order chi connectivity index (χ1) is 11.3. The van der Waals surface area contributed by atoms with Crippen molar-refractivity contribution in [3.05, 3.63) is 52.5 Å². The zero-order valence-corrected chi connectivity index (χ0v) is 15.0. The standard InChI is InChI=1S/C16H13ClN2O3S2/c1-24(21,22)11-4-2-10(3-5-11)8-14(20)19-13-7-6-12(17)15-16(13)23-9-18-15/h2-7,9H,8H2,1H3,(H,19,20). The molecule has 0 aliphatic heterocycles. The first-order valence-electron chi connectivity index (χ1n) is 6.95. The molecule has 0 fully saturated rings. The molecule has 3 aromatic rings. The van der Waals surface area contributed by atoms with Gasteiger partial charge in [-0.2, -0.15) is 0 Å². The molecule has 0 bridgehead atoms. The second-order valence-electron chi connectivity index (χ2n) is 5.27. The second-order valence-corrected chi connectivity index (χ2v) is 8.54. The molecule has 24 heavy (non-hydrogen) atoms. The fourth-order valence-electron chi connectivity index (χ4n) is 2.25. The third-order valence-electron chi connectivity index (χ3n) is 3.42. The average Bonchev–Trinajstić information content (AvgIpc) is 3.00. The Bertz CT molecular complexity index is 1010. The van der Waals surface area contributed by atoms with E-state index in [1.807, 2.05) is 0 Å². The van der Waals surface area contributed by atoms with Crippen LogP contribution in [0, 0.1) is 0 Å². The third kappa shape index (κ3) is 3.58. The normalized spacial score (nSPS) is 11.6. The van der Waals surface area contributed by atoms with E-state index in [9.17, 15) is 13.2 Å². The molecule has 0 aliphatic rings. The van der Waals surface area contributed by atoms with Crippen LogP contribution < -0.4 is 5.32 Å². The molecule has 1 aromatic heterocycles. The van der Waals surface area contributed by atoms with Crippen LogP contribution >= 0.6 is 22.9 Å². The monoisotopic (exact) mass is 380 g/mol. The van der Waals surface area contributed by atoms with Crippen molar-refractivity contribution in [2.24, 2.45) is 0 Å². The highest BCUT2D eigenvalue weighted by molar-refractivity contribution is 7.90. The second kappa shape index (κ2) is 6.51. The van der Waals surface area contributed by atoms with Gasteiger partial charge in [-0.15, -0.1) is 11.3 Å². The van der Waals surface area contributed by atoms with Gasteiger partial charge in [0.2, 0.25) is 5.91 Å². The molecule has 124 valence electrons. The number of hydrogen-bond acceptors (Lipinski definition) is 5. The van der Waals surface area contributed by atoms with Crippen LogP contribution in [0.15, 0.2) is 46.8 Å².